The van der Waals surface area contributed by atoms with E-state index in [2.05, 4.69) is 18.7 Å². The highest BCUT2D eigenvalue weighted by molar-refractivity contribution is 5.77. The van der Waals surface area contributed by atoms with Crippen molar-refractivity contribution in [1.29, 1.82) is 5.41 Å². The fourth-order valence-electron chi connectivity index (χ4n) is 2.08. The Kier molecular flexibility index (Phi) is 2.53. The van der Waals surface area contributed by atoms with Crippen molar-refractivity contribution >= 4 is 5.84 Å². The normalized spacial score (nSPS) is 32.1. The van der Waals surface area contributed by atoms with E-state index in [0.29, 0.717) is 12.1 Å². The maximum absolute atomic E-state index is 7.58. The predicted molar refractivity (Wildman–Crippen MR) is 48.0 cm³/mol. The van der Waals surface area contributed by atoms with Gasteiger partial charge < -0.3 is 4.90 Å². The molecule has 64 valence electrons. The van der Waals surface area contributed by atoms with Crippen molar-refractivity contribution in [3.8, 4) is 0 Å². The summed E-state index contributed by atoms with van der Waals surface area (Å²) in [6.07, 6.45) is 3.83. The first kappa shape index (κ1) is 8.57. The number of hydrogen-bond donors (Lipinski definition) is 1. The Morgan fingerprint density at radius 1 is 1.27 bits per heavy atom. The van der Waals surface area contributed by atoms with Gasteiger partial charge in [-0.3, -0.25) is 5.41 Å². The first-order chi connectivity index (χ1) is 5.13. The Morgan fingerprint density at radius 3 is 2.00 bits per heavy atom. The van der Waals surface area contributed by atoms with Gasteiger partial charge in [-0.2, -0.15) is 0 Å². The van der Waals surface area contributed by atoms with Gasteiger partial charge in [-0.05, 0) is 40.0 Å². The molecular formula is C9H18N2. The SMILES string of the molecule is CC(=N)N1C(C)CCCC1C. The molecule has 0 bridgehead atoms. The summed E-state index contributed by atoms with van der Waals surface area (Å²) in [5.41, 5.74) is 0. The summed E-state index contributed by atoms with van der Waals surface area (Å²) in [5, 5.41) is 7.58. The third-order valence-corrected chi connectivity index (χ3v) is 2.58. The van der Waals surface area contributed by atoms with Crippen LogP contribution in [0, 0.1) is 5.41 Å². The standard InChI is InChI=1S/C9H18N2/c1-7-5-4-6-8(2)11(7)9(3)10/h7-8,10H,4-6H2,1-3H3. The summed E-state index contributed by atoms with van der Waals surface area (Å²) in [7, 11) is 0. The Morgan fingerprint density at radius 2 is 1.73 bits per heavy atom. The zero-order chi connectivity index (χ0) is 8.43. The Bertz CT molecular complexity index is 144. The molecule has 1 aliphatic heterocycles. The average Bonchev–Trinajstić information content (AvgIpc) is 1.85. The first-order valence-electron chi connectivity index (χ1n) is 4.46. The van der Waals surface area contributed by atoms with Crippen LogP contribution in [-0.2, 0) is 0 Å². The van der Waals surface area contributed by atoms with Crippen LogP contribution >= 0.6 is 0 Å². The lowest BCUT2D eigenvalue weighted by atomic mass is 9.97. The Labute approximate surface area is 69.1 Å². The summed E-state index contributed by atoms with van der Waals surface area (Å²) in [4.78, 5) is 2.23. The van der Waals surface area contributed by atoms with Crippen molar-refractivity contribution in [3.05, 3.63) is 0 Å². The molecule has 0 spiro atoms. The molecule has 1 heterocycles. The third-order valence-electron chi connectivity index (χ3n) is 2.58. The highest BCUT2D eigenvalue weighted by Gasteiger charge is 2.24. The highest BCUT2D eigenvalue weighted by Crippen LogP contribution is 2.22. The molecule has 0 aromatic heterocycles. The number of hydrogen-bond acceptors (Lipinski definition) is 1. The third kappa shape index (κ3) is 1.73. The Balaban J connectivity index is 2.62. The van der Waals surface area contributed by atoms with E-state index >= 15 is 0 Å². The van der Waals surface area contributed by atoms with Crippen molar-refractivity contribution in [3.63, 3.8) is 0 Å². The monoisotopic (exact) mass is 154 g/mol. The van der Waals surface area contributed by atoms with Gasteiger partial charge in [-0.25, -0.2) is 0 Å². The topological polar surface area (TPSA) is 27.1 Å². The van der Waals surface area contributed by atoms with E-state index < -0.39 is 0 Å². The molecule has 0 aliphatic carbocycles. The lowest BCUT2D eigenvalue weighted by Crippen LogP contribution is -2.46. The van der Waals surface area contributed by atoms with E-state index in [-0.39, 0.29) is 0 Å². The van der Waals surface area contributed by atoms with E-state index in [9.17, 15) is 0 Å². The molecule has 2 heteroatoms. The van der Waals surface area contributed by atoms with Crippen LogP contribution in [0.4, 0.5) is 0 Å². The van der Waals surface area contributed by atoms with Crippen LogP contribution in [0.2, 0.25) is 0 Å². The van der Waals surface area contributed by atoms with Gasteiger partial charge in [0.25, 0.3) is 0 Å². The van der Waals surface area contributed by atoms with Crippen molar-refractivity contribution in [2.75, 3.05) is 0 Å². The molecule has 2 unspecified atom stereocenters. The van der Waals surface area contributed by atoms with Crippen molar-refractivity contribution in [1.82, 2.24) is 4.90 Å². The van der Waals surface area contributed by atoms with Gasteiger partial charge in [0, 0.05) is 12.1 Å². The van der Waals surface area contributed by atoms with Crippen LogP contribution in [0.3, 0.4) is 0 Å². The summed E-state index contributed by atoms with van der Waals surface area (Å²) < 4.78 is 0. The smallest absolute Gasteiger partial charge is 0.0930 e. The van der Waals surface area contributed by atoms with Crippen LogP contribution in [0.5, 0.6) is 0 Å². The lowest BCUT2D eigenvalue weighted by molar-refractivity contribution is 0.189. The maximum atomic E-state index is 7.58. The van der Waals surface area contributed by atoms with E-state index in [4.69, 9.17) is 5.41 Å². The predicted octanol–water partition coefficient (Wildman–Crippen LogP) is 2.25. The molecule has 1 rings (SSSR count). The highest BCUT2D eigenvalue weighted by atomic mass is 15.2. The van der Waals surface area contributed by atoms with Crippen molar-refractivity contribution < 1.29 is 0 Å². The van der Waals surface area contributed by atoms with Gasteiger partial charge in [-0.1, -0.05) is 0 Å². The number of piperidine rings is 1. The summed E-state index contributed by atoms with van der Waals surface area (Å²) in [5.74, 6) is 0.727. The quantitative estimate of drug-likeness (QED) is 0.420. The molecule has 0 aromatic rings. The first-order valence-corrected chi connectivity index (χ1v) is 4.46. The molecule has 1 fully saturated rings. The van der Waals surface area contributed by atoms with Gasteiger partial charge in [0.15, 0.2) is 0 Å². The van der Waals surface area contributed by atoms with Gasteiger partial charge >= 0.3 is 0 Å². The molecule has 11 heavy (non-hydrogen) atoms. The van der Waals surface area contributed by atoms with Gasteiger partial charge in [-0.15, -0.1) is 0 Å². The lowest BCUT2D eigenvalue weighted by Gasteiger charge is -2.40. The van der Waals surface area contributed by atoms with Crippen LogP contribution in [0.1, 0.15) is 40.0 Å². The zero-order valence-electron chi connectivity index (χ0n) is 7.72. The molecule has 0 radical (unpaired) electrons. The van der Waals surface area contributed by atoms with E-state index in [0.717, 1.165) is 5.84 Å². The number of nitrogens with one attached hydrogen (secondary N) is 1. The van der Waals surface area contributed by atoms with Crippen molar-refractivity contribution in [2.24, 2.45) is 0 Å². The second-order valence-electron chi connectivity index (χ2n) is 3.62. The van der Waals surface area contributed by atoms with E-state index in [1.54, 1.807) is 0 Å². The summed E-state index contributed by atoms with van der Waals surface area (Å²) >= 11 is 0. The fraction of sp³-hybridized carbons (Fsp3) is 0.889. The largest absolute Gasteiger partial charge is 0.355 e. The van der Waals surface area contributed by atoms with E-state index in [1.165, 1.54) is 19.3 Å². The minimum atomic E-state index is 0.580. The van der Waals surface area contributed by atoms with Gasteiger partial charge in [0.1, 0.15) is 0 Å². The molecule has 0 saturated carbocycles. The van der Waals surface area contributed by atoms with Crippen LogP contribution in [0.25, 0.3) is 0 Å². The van der Waals surface area contributed by atoms with Crippen LogP contribution < -0.4 is 0 Å². The fourth-order valence-corrected chi connectivity index (χ4v) is 2.08. The number of likely N-dealkylation sites (tertiary alicyclic amines) is 1. The molecular weight excluding hydrogens is 136 g/mol. The Hall–Kier alpha value is -0.530. The summed E-state index contributed by atoms with van der Waals surface area (Å²) in [6, 6.07) is 1.16. The van der Waals surface area contributed by atoms with Crippen LogP contribution in [-0.4, -0.2) is 22.8 Å². The molecule has 1 aliphatic rings. The zero-order valence-corrected chi connectivity index (χ0v) is 7.72. The number of rotatable bonds is 0. The molecule has 0 amide bonds. The van der Waals surface area contributed by atoms with Gasteiger partial charge in [0.05, 0.1) is 5.84 Å². The van der Waals surface area contributed by atoms with Gasteiger partial charge in [0.2, 0.25) is 0 Å². The summed E-state index contributed by atoms with van der Waals surface area (Å²) in [6.45, 7) is 6.32. The molecule has 0 aromatic carbocycles. The minimum absolute atomic E-state index is 0.580. The van der Waals surface area contributed by atoms with Crippen molar-refractivity contribution in [2.45, 2.75) is 52.1 Å². The van der Waals surface area contributed by atoms with E-state index in [1.807, 2.05) is 6.92 Å². The van der Waals surface area contributed by atoms with Crippen LogP contribution in [0.15, 0.2) is 0 Å². The average molecular weight is 154 g/mol. The number of nitrogens with zero attached hydrogens (tertiary/aromatic N) is 1. The molecule has 2 nitrogen and oxygen atoms in total. The minimum Gasteiger partial charge on any atom is -0.355 e. The number of amidine groups is 1. The molecule has 2 atom stereocenters. The second kappa shape index (κ2) is 3.24. The molecule has 1 N–H and O–H groups in total. The molecule has 1 saturated heterocycles. The second-order valence-corrected chi connectivity index (χ2v) is 3.62. The maximum Gasteiger partial charge on any atom is 0.0930 e.